The van der Waals surface area contributed by atoms with Crippen LogP contribution in [0.3, 0.4) is 0 Å². The van der Waals surface area contributed by atoms with Crippen molar-refractivity contribution < 1.29 is 0 Å². The molecule has 8 aromatic carbocycles. The molecule has 3 nitrogen and oxygen atoms in total. The van der Waals surface area contributed by atoms with Crippen molar-refractivity contribution in [1.82, 2.24) is 14.5 Å². The SMILES string of the molecule is c1ccc2c(-c3nc(-n4c5ccccc5c5c6ccccc6c6c7ccccc7sc6c54)nc4c3ccc3ccccc34)cccc2c1. The van der Waals surface area contributed by atoms with E-state index in [-0.39, 0.29) is 0 Å². The zero-order valence-corrected chi connectivity index (χ0v) is 26.5. The Kier molecular flexibility index (Phi) is 5.26. The van der Waals surface area contributed by atoms with Gasteiger partial charge in [0.2, 0.25) is 5.95 Å². The molecule has 0 atom stereocenters. The summed E-state index contributed by atoms with van der Waals surface area (Å²) in [6.45, 7) is 0. The number of rotatable bonds is 2. The molecule has 0 unspecified atom stereocenters. The highest BCUT2D eigenvalue weighted by atomic mass is 32.1. The average molecular weight is 628 g/mol. The third kappa shape index (κ3) is 3.47. The molecule has 0 radical (unpaired) electrons. The molecule has 11 rings (SSSR count). The van der Waals surface area contributed by atoms with Gasteiger partial charge in [-0.1, -0.05) is 133 Å². The molecule has 0 aliphatic heterocycles. The van der Waals surface area contributed by atoms with Crippen LogP contribution >= 0.6 is 11.3 Å². The number of hydrogen-bond acceptors (Lipinski definition) is 3. The maximum absolute atomic E-state index is 5.57. The number of benzene rings is 8. The van der Waals surface area contributed by atoms with Gasteiger partial charge in [0.25, 0.3) is 0 Å². The van der Waals surface area contributed by atoms with Crippen molar-refractivity contribution in [3.05, 3.63) is 152 Å². The molecule has 0 aliphatic carbocycles. The lowest BCUT2D eigenvalue weighted by Gasteiger charge is -2.15. The number of aromatic nitrogens is 3. The highest BCUT2D eigenvalue weighted by Gasteiger charge is 2.24. The van der Waals surface area contributed by atoms with Crippen LogP contribution in [0.4, 0.5) is 0 Å². The third-order valence-electron chi connectivity index (χ3n) is 9.98. The Labute approximate surface area is 278 Å². The summed E-state index contributed by atoms with van der Waals surface area (Å²) in [6, 6.07) is 54.5. The fraction of sp³-hybridized carbons (Fsp3) is 0. The Morgan fingerprint density at radius 3 is 1.90 bits per heavy atom. The van der Waals surface area contributed by atoms with E-state index < -0.39 is 0 Å². The molecule has 0 spiro atoms. The van der Waals surface area contributed by atoms with E-state index in [9.17, 15) is 0 Å². The molecule has 3 aromatic heterocycles. The van der Waals surface area contributed by atoms with Gasteiger partial charge >= 0.3 is 0 Å². The average Bonchev–Trinajstić information content (AvgIpc) is 3.71. The van der Waals surface area contributed by atoms with Crippen LogP contribution in [0.1, 0.15) is 0 Å². The van der Waals surface area contributed by atoms with Crippen molar-refractivity contribution in [2.45, 2.75) is 0 Å². The van der Waals surface area contributed by atoms with Gasteiger partial charge in [0.15, 0.2) is 0 Å². The van der Waals surface area contributed by atoms with E-state index >= 15 is 0 Å². The Morgan fingerprint density at radius 1 is 0.438 bits per heavy atom. The molecule has 0 saturated heterocycles. The van der Waals surface area contributed by atoms with E-state index in [4.69, 9.17) is 9.97 Å². The molecule has 11 aromatic rings. The lowest BCUT2D eigenvalue weighted by molar-refractivity contribution is 1.02. The first-order valence-electron chi connectivity index (χ1n) is 16.3. The standard InChI is InChI=1S/C44H25N3S/c1-3-15-28-26(12-1)14-11-21-32(28)41-35-25-24-27-13-2-4-16-29(27)40(35)45-44(46-41)47-36-22-9-7-19-33(36)38-30-17-5-6-18-31(30)39-34-20-8-10-23-37(34)48-43(39)42(38)47/h1-25H. The summed E-state index contributed by atoms with van der Waals surface area (Å²) in [5.74, 6) is 0.682. The second kappa shape index (κ2) is 9.71. The Hall–Kier alpha value is -6.10. The number of nitrogens with zero attached hydrogens (tertiary/aromatic N) is 3. The normalized spacial score (nSPS) is 12.2. The van der Waals surface area contributed by atoms with E-state index in [2.05, 4.69) is 156 Å². The third-order valence-corrected chi connectivity index (χ3v) is 11.2. The van der Waals surface area contributed by atoms with Crippen molar-refractivity contribution in [2.75, 3.05) is 0 Å². The van der Waals surface area contributed by atoms with Gasteiger partial charge in [0, 0.05) is 42.6 Å². The second-order valence-electron chi connectivity index (χ2n) is 12.5. The second-order valence-corrected chi connectivity index (χ2v) is 13.6. The van der Waals surface area contributed by atoms with Crippen LogP contribution in [-0.4, -0.2) is 14.5 Å². The molecule has 3 heterocycles. The smallest absolute Gasteiger partial charge is 0.235 e. The van der Waals surface area contributed by atoms with Gasteiger partial charge in [-0.25, -0.2) is 9.97 Å². The summed E-state index contributed by atoms with van der Waals surface area (Å²) >= 11 is 1.86. The summed E-state index contributed by atoms with van der Waals surface area (Å²) in [5, 5.41) is 13.3. The molecule has 0 saturated carbocycles. The summed E-state index contributed by atoms with van der Waals surface area (Å²) < 4.78 is 4.88. The molecular weight excluding hydrogens is 603 g/mol. The summed E-state index contributed by atoms with van der Waals surface area (Å²) in [7, 11) is 0. The van der Waals surface area contributed by atoms with Crippen molar-refractivity contribution >= 4 is 96.5 Å². The van der Waals surface area contributed by atoms with Crippen molar-refractivity contribution in [1.29, 1.82) is 0 Å². The van der Waals surface area contributed by atoms with Gasteiger partial charge in [-0.15, -0.1) is 11.3 Å². The van der Waals surface area contributed by atoms with Crippen LogP contribution in [0.25, 0.3) is 102 Å². The summed E-state index contributed by atoms with van der Waals surface area (Å²) in [6.07, 6.45) is 0. The number of para-hydroxylation sites is 1. The topological polar surface area (TPSA) is 30.7 Å². The maximum Gasteiger partial charge on any atom is 0.235 e. The van der Waals surface area contributed by atoms with E-state index in [1.54, 1.807) is 0 Å². The van der Waals surface area contributed by atoms with Crippen LogP contribution in [0, 0.1) is 0 Å². The maximum atomic E-state index is 5.57. The van der Waals surface area contributed by atoms with Crippen LogP contribution in [0.5, 0.6) is 0 Å². The highest BCUT2D eigenvalue weighted by Crippen LogP contribution is 2.48. The quantitative estimate of drug-likeness (QED) is 0.179. The van der Waals surface area contributed by atoms with Gasteiger partial charge < -0.3 is 0 Å². The van der Waals surface area contributed by atoms with Gasteiger partial charge in [-0.05, 0) is 45.1 Å². The summed E-state index contributed by atoms with van der Waals surface area (Å²) in [5.41, 5.74) is 5.27. The Bertz CT molecular complexity index is 3120. The molecule has 0 fully saturated rings. The summed E-state index contributed by atoms with van der Waals surface area (Å²) in [4.78, 5) is 11.1. The van der Waals surface area contributed by atoms with Crippen LogP contribution in [-0.2, 0) is 0 Å². The zero-order chi connectivity index (χ0) is 31.3. The van der Waals surface area contributed by atoms with Crippen molar-refractivity contribution in [3.8, 4) is 17.2 Å². The van der Waals surface area contributed by atoms with Crippen molar-refractivity contribution in [3.63, 3.8) is 0 Å². The van der Waals surface area contributed by atoms with Crippen LogP contribution in [0.15, 0.2) is 152 Å². The Balaban J connectivity index is 1.39. The fourth-order valence-corrected chi connectivity index (χ4v) is 9.18. The van der Waals surface area contributed by atoms with E-state index in [1.807, 2.05) is 11.3 Å². The van der Waals surface area contributed by atoms with E-state index in [0.717, 1.165) is 38.6 Å². The first-order valence-corrected chi connectivity index (χ1v) is 17.1. The number of fused-ring (bicyclic) bond motifs is 14. The number of hydrogen-bond donors (Lipinski definition) is 0. The van der Waals surface area contributed by atoms with Gasteiger partial charge in [0.05, 0.1) is 26.9 Å². The first-order chi connectivity index (χ1) is 23.8. The van der Waals surface area contributed by atoms with Gasteiger partial charge in [0.1, 0.15) is 0 Å². The minimum absolute atomic E-state index is 0.682. The van der Waals surface area contributed by atoms with E-state index in [1.165, 1.54) is 57.9 Å². The predicted octanol–water partition coefficient (Wildman–Crippen LogP) is 12.2. The van der Waals surface area contributed by atoms with Gasteiger partial charge in [-0.2, -0.15) is 0 Å². The molecule has 222 valence electrons. The number of thiophene rings is 1. The lowest BCUT2D eigenvalue weighted by atomic mass is 9.98. The lowest BCUT2D eigenvalue weighted by Crippen LogP contribution is -2.04. The minimum atomic E-state index is 0.682. The minimum Gasteiger partial charge on any atom is -0.276 e. The Morgan fingerprint density at radius 2 is 1.06 bits per heavy atom. The zero-order valence-electron chi connectivity index (χ0n) is 25.7. The van der Waals surface area contributed by atoms with Crippen LogP contribution in [0.2, 0.25) is 0 Å². The van der Waals surface area contributed by atoms with Crippen LogP contribution < -0.4 is 0 Å². The molecule has 0 bridgehead atoms. The fourth-order valence-electron chi connectivity index (χ4n) is 7.92. The molecule has 48 heavy (non-hydrogen) atoms. The highest BCUT2D eigenvalue weighted by molar-refractivity contribution is 7.27. The molecule has 0 aliphatic rings. The van der Waals surface area contributed by atoms with Gasteiger partial charge in [-0.3, -0.25) is 4.57 Å². The largest absolute Gasteiger partial charge is 0.276 e. The first kappa shape index (κ1) is 26.0. The monoisotopic (exact) mass is 627 g/mol. The molecule has 4 heteroatoms. The molecular formula is C44H25N3S. The molecule has 0 amide bonds. The van der Waals surface area contributed by atoms with E-state index in [0.29, 0.717) is 5.95 Å². The molecule has 0 N–H and O–H groups in total. The van der Waals surface area contributed by atoms with Crippen molar-refractivity contribution in [2.24, 2.45) is 0 Å². The predicted molar refractivity (Wildman–Crippen MR) is 205 cm³/mol.